The molecule has 1 amide bonds. The molecule has 2 saturated heterocycles. The number of sulfonamides is 1. The van der Waals surface area contributed by atoms with E-state index < -0.39 is 15.4 Å². The van der Waals surface area contributed by atoms with Gasteiger partial charge in [-0.25, -0.2) is 8.42 Å². The molecular formula is C20H31N3O5S. The second-order valence-corrected chi connectivity index (χ2v) is 9.74. The summed E-state index contributed by atoms with van der Waals surface area (Å²) in [5.41, 5.74) is 5.16. The molecule has 3 rings (SSSR count). The van der Waals surface area contributed by atoms with Crippen molar-refractivity contribution in [3.05, 3.63) is 24.3 Å². The van der Waals surface area contributed by atoms with Gasteiger partial charge in [0.2, 0.25) is 15.9 Å². The van der Waals surface area contributed by atoms with Crippen molar-refractivity contribution in [1.82, 2.24) is 9.21 Å². The maximum Gasteiger partial charge on any atom is 0.243 e. The van der Waals surface area contributed by atoms with E-state index in [9.17, 15) is 13.2 Å². The van der Waals surface area contributed by atoms with E-state index >= 15 is 0 Å². The average Bonchev–Trinajstić information content (AvgIpc) is 2.66. The Labute approximate surface area is 173 Å². The minimum Gasteiger partial charge on any atom is -0.494 e. The summed E-state index contributed by atoms with van der Waals surface area (Å²) in [6, 6.07) is 6.72. The number of carbonyl (C=O) groups is 1. The molecule has 0 aromatic heterocycles. The van der Waals surface area contributed by atoms with Crippen LogP contribution >= 0.6 is 0 Å². The van der Waals surface area contributed by atoms with Crippen LogP contribution in [0.15, 0.2) is 29.2 Å². The summed E-state index contributed by atoms with van der Waals surface area (Å²) in [6.07, 6.45) is 2.01. The van der Waals surface area contributed by atoms with Crippen molar-refractivity contribution < 1.29 is 22.7 Å². The first-order valence-corrected chi connectivity index (χ1v) is 11.5. The van der Waals surface area contributed by atoms with Gasteiger partial charge in [-0.2, -0.15) is 4.31 Å². The van der Waals surface area contributed by atoms with Gasteiger partial charge in [-0.15, -0.1) is 0 Å². The molecule has 2 heterocycles. The lowest BCUT2D eigenvalue weighted by Gasteiger charge is -2.48. The Morgan fingerprint density at radius 3 is 2.34 bits per heavy atom. The number of nitrogens with two attached hydrogens (primary N) is 1. The van der Waals surface area contributed by atoms with Gasteiger partial charge >= 0.3 is 0 Å². The van der Waals surface area contributed by atoms with E-state index in [1.165, 1.54) is 4.31 Å². The number of benzene rings is 1. The number of carbonyl (C=O) groups excluding carboxylic acids is 1. The van der Waals surface area contributed by atoms with Crippen LogP contribution in [0.25, 0.3) is 0 Å². The van der Waals surface area contributed by atoms with Gasteiger partial charge in [0.1, 0.15) is 5.75 Å². The van der Waals surface area contributed by atoms with E-state index in [4.69, 9.17) is 15.2 Å². The summed E-state index contributed by atoms with van der Waals surface area (Å²) in [7, 11) is -1.87. The molecule has 0 radical (unpaired) electrons. The van der Waals surface area contributed by atoms with E-state index in [0.717, 1.165) is 13.1 Å². The van der Waals surface area contributed by atoms with Crippen LogP contribution in [0.3, 0.4) is 0 Å². The summed E-state index contributed by atoms with van der Waals surface area (Å²) in [5.74, 6) is 0.398. The number of nitrogens with zero attached hydrogens (tertiary/aromatic N) is 2. The van der Waals surface area contributed by atoms with Gasteiger partial charge in [-0.3, -0.25) is 9.69 Å². The fourth-order valence-corrected chi connectivity index (χ4v) is 5.62. The zero-order valence-electron chi connectivity index (χ0n) is 17.2. The maximum absolute atomic E-state index is 12.8. The van der Waals surface area contributed by atoms with Crippen LogP contribution in [-0.4, -0.2) is 76.1 Å². The molecule has 2 N–H and O–H groups in total. The van der Waals surface area contributed by atoms with Gasteiger partial charge in [0.05, 0.1) is 16.9 Å². The quantitative estimate of drug-likeness (QED) is 0.635. The average molecular weight is 426 g/mol. The standard InChI is InChI=1S/C20H31N3O5S/c1-3-28-17-4-6-18(7-5-17)29(25,26)23-14-16(15-23)22-11-8-20(9-12-22,19(21)24)10-13-27-2/h4-7,16H,3,8-15H2,1-2H3,(H2,21,24). The van der Waals surface area contributed by atoms with Gasteiger partial charge in [-0.05, 0) is 63.5 Å². The summed E-state index contributed by atoms with van der Waals surface area (Å²) in [4.78, 5) is 14.6. The predicted octanol–water partition coefficient (Wildman–Crippen LogP) is 1.06. The molecule has 29 heavy (non-hydrogen) atoms. The van der Waals surface area contributed by atoms with Crippen LogP contribution in [-0.2, 0) is 19.6 Å². The molecule has 9 heteroatoms. The van der Waals surface area contributed by atoms with Gasteiger partial charge in [0.15, 0.2) is 0 Å². The second kappa shape index (κ2) is 8.99. The molecule has 2 aliphatic heterocycles. The van der Waals surface area contributed by atoms with Gasteiger partial charge in [0.25, 0.3) is 0 Å². The van der Waals surface area contributed by atoms with Crippen LogP contribution in [0.2, 0.25) is 0 Å². The van der Waals surface area contributed by atoms with Crippen molar-refractivity contribution in [2.24, 2.45) is 11.1 Å². The fourth-order valence-electron chi connectivity index (χ4n) is 4.10. The molecule has 1 aromatic carbocycles. The fraction of sp³-hybridized carbons (Fsp3) is 0.650. The van der Waals surface area contributed by atoms with Crippen molar-refractivity contribution in [3.8, 4) is 5.75 Å². The van der Waals surface area contributed by atoms with E-state index in [1.54, 1.807) is 31.4 Å². The predicted molar refractivity (Wildman–Crippen MR) is 109 cm³/mol. The van der Waals surface area contributed by atoms with Crippen LogP contribution in [0.5, 0.6) is 5.75 Å². The van der Waals surface area contributed by atoms with Crippen LogP contribution in [0.1, 0.15) is 26.2 Å². The number of likely N-dealkylation sites (tertiary alicyclic amines) is 1. The summed E-state index contributed by atoms with van der Waals surface area (Å²) < 4.78 is 37.6. The number of hydrogen-bond acceptors (Lipinski definition) is 6. The first-order valence-electron chi connectivity index (χ1n) is 10.1. The Morgan fingerprint density at radius 2 is 1.83 bits per heavy atom. The zero-order chi connectivity index (χ0) is 21.1. The molecule has 2 aliphatic rings. The zero-order valence-corrected chi connectivity index (χ0v) is 18.0. The molecule has 162 valence electrons. The third-order valence-electron chi connectivity index (χ3n) is 6.18. The Balaban J connectivity index is 1.55. The van der Waals surface area contributed by atoms with Crippen molar-refractivity contribution >= 4 is 15.9 Å². The lowest BCUT2D eigenvalue weighted by atomic mass is 9.75. The van der Waals surface area contributed by atoms with Crippen molar-refractivity contribution in [2.45, 2.75) is 37.1 Å². The monoisotopic (exact) mass is 425 g/mol. The van der Waals surface area contributed by atoms with Gasteiger partial charge < -0.3 is 15.2 Å². The van der Waals surface area contributed by atoms with Crippen molar-refractivity contribution in [1.29, 1.82) is 0 Å². The summed E-state index contributed by atoms with van der Waals surface area (Å²) in [5, 5.41) is 0. The topological polar surface area (TPSA) is 102 Å². The number of amides is 1. The number of piperidine rings is 1. The lowest BCUT2D eigenvalue weighted by Crippen LogP contribution is -2.63. The Kier molecular flexibility index (Phi) is 6.83. The largest absolute Gasteiger partial charge is 0.494 e. The van der Waals surface area contributed by atoms with E-state index in [2.05, 4.69) is 4.90 Å². The van der Waals surface area contributed by atoms with Gasteiger partial charge in [-0.1, -0.05) is 0 Å². The molecule has 8 nitrogen and oxygen atoms in total. The van der Waals surface area contributed by atoms with Crippen LogP contribution in [0.4, 0.5) is 0 Å². The normalized spacial score (nSPS) is 20.9. The Hall–Kier alpha value is -1.68. The maximum atomic E-state index is 12.8. The number of hydrogen-bond donors (Lipinski definition) is 1. The highest BCUT2D eigenvalue weighted by atomic mass is 32.2. The molecular weight excluding hydrogens is 394 g/mol. The highest BCUT2D eigenvalue weighted by molar-refractivity contribution is 7.89. The SMILES string of the molecule is CCOc1ccc(S(=O)(=O)N2CC(N3CCC(CCOC)(C(N)=O)CC3)C2)cc1. The first kappa shape index (κ1) is 22.0. The number of methoxy groups -OCH3 is 1. The first-order chi connectivity index (χ1) is 13.8. The molecule has 0 saturated carbocycles. The number of primary amides is 1. The number of rotatable bonds is 9. The summed E-state index contributed by atoms with van der Waals surface area (Å²) in [6.45, 7) is 5.37. The Bertz CT molecular complexity index is 798. The van der Waals surface area contributed by atoms with Gasteiger partial charge in [0, 0.05) is 32.8 Å². The third kappa shape index (κ3) is 4.58. The smallest absolute Gasteiger partial charge is 0.243 e. The molecule has 0 atom stereocenters. The molecule has 0 unspecified atom stereocenters. The minimum atomic E-state index is -3.49. The molecule has 0 spiro atoms. The van der Waals surface area contributed by atoms with Crippen LogP contribution < -0.4 is 10.5 Å². The highest BCUT2D eigenvalue weighted by Gasteiger charge is 2.45. The number of ether oxygens (including phenoxy) is 2. The molecule has 1 aromatic rings. The van der Waals surface area contributed by atoms with Crippen molar-refractivity contribution in [3.63, 3.8) is 0 Å². The lowest BCUT2D eigenvalue weighted by molar-refractivity contribution is -0.132. The van der Waals surface area contributed by atoms with E-state index in [0.29, 0.717) is 51.3 Å². The molecule has 0 bridgehead atoms. The summed E-state index contributed by atoms with van der Waals surface area (Å²) >= 11 is 0. The minimum absolute atomic E-state index is 0.181. The van der Waals surface area contributed by atoms with Crippen molar-refractivity contribution in [2.75, 3.05) is 46.5 Å². The molecule has 2 fully saturated rings. The third-order valence-corrected chi connectivity index (χ3v) is 8.03. The van der Waals surface area contributed by atoms with Crippen LogP contribution in [0, 0.1) is 5.41 Å². The second-order valence-electron chi connectivity index (χ2n) is 7.80. The molecule has 0 aliphatic carbocycles. The van der Waals surface area contributed by atoms with E-state index in [1.807, 2.05) is 6.92 Å². The van der Waals surface area contributed by atoms with E-state index in [-0.39, 0.29) is 16.8 Å². The Morgan fingerprint density at radius 1 is 1.21 bits per heavy atom. The highest BCUT2D eigenvalue weighted by Crippen LogP contribution is 2.37.